The molecule has 0 saturated carbocycles. The van der Waals surface area contributed by atoms with Crippen LogP contribution in [0.4, 0.5) is 26.4 Å². The van der Waals surface area contributed by atoms with Gasteiger partial charge in [-0.1, -0.05) is 12.1 Å². The van der Waals surface area contributed by atoms with E-state index < -0.39 is 12.2 Å². The van der Waals surface area contributed by atoms with Crippen LogP contribution in [-0.2, 0) is 4.74 Å². The monoisotopic (exact) mass is 523 g/mol. The van der Waals surface area contributed by atoms with Crippen molar-refractivity contribution in [1.29, 1.82) is 0 Å². The van der Waals surface area contributed by atoms with Crippen LogP contribution in [0.15, 0.2) is 42.6 Å². The van der Waals surface area contributed by atoms with E-state index in [1.165, 1.54) is 4.57 Å². The fourth-order valence-corrected chi connectivity index (χ4v) is 4.63. The fourth-order valence-electron chi connectivity index (χ4n) is 4.63. The van der Waals surface area contributed by atoms with Crippen LogP contribution in [0.5, 0.6) is 5.88 Å². The number of alkyl halides is 2. The van der Waals surface area contributed by atoms with Gasteiger partial charge in [0, 0.05) is 32.2 Å². The second-order valence-electron chi connectivity index (χ2n) is 9.25. The van der Waals surface area contributed by atoms with Gasteiger partial charge in [-0.05, 0) is 31.7 Å². The third kappa shape index (κ3) is 5.07. The number of imidazole rings is 1. The zero-order valence-corrected chi connectivity index (χ0v) is 20.8. The largest absolute Gasteiger partial charge is 0.473 e. The second-order valence-corrected chi connectivity index (χ2v) is 9.25. The van der Waals surface area contributed by atoms with Crippen molar-refractivity contribution >= 4 is 28.6 Å². The van der Waals surface area contributed by atoms with Crippen molar-refractivity contribution in [1.82, 2.24) is 34.4 Å². The van der Waals surface area contributed by atoms with Gasteiger partial charge in [0.05, 0.1) is 36.1 Å². The Bertz CT molecular complexity index is 1410. The number of aromatic nitrogens is 6. The summed E-state index contributed by atoms with van der Waals surface area (Å²) >= 11 is 0. The lowest BCUT2D eigenvalue weighted by molar-refractivity contribution is 0.122. The maximum Gasteiger partial charge on any atom is 0.296 e. The van der Waals surface area contributed by atoms with Gasteiger partial charge in [-0.2, -0.15) is 15.0 Å². The summed E-state index contributed by atoms with van der Waals surface area (Å²) < 4.78 is 40.8. The van der Waals surface area contributed by atoms with E-state index in [1.807, 2.05) is 11.0 Å². The molecule has 0 amide bonds. The van der Waals surface area contributed by atoms with Crippen molar-refractivity contribution in [3.8, 4) is 11.8 Å². The molecule has 13 heteroatoms. The highest BCUT2D eigenvalue weighted by Gasteiger charge is 2.25. The summed E-state index contributed by atoms with van der Waals surface area (Å²) in [5.74, 6) is 0.704. The second kappa shape index (κ2) is 10.4. The lowest BCUT2D eigenvalue weighted by Gasteiger charge is -2.27. The predicted molar refractivity (Wildman–Crippen MR) is 136 cm³/mol. The summed E-state index contributed by atoms with van der Waals surface area (Å²) in [6.45, 7) is 4.03. The SMILES string of the molecule is CN1CCC(Oc2ccc(Nc3nc(N4CCOCC4)nc(-n4c(C(F)F)nc5ccccc54)n3)cn2)C1. The summed E-state index contributed by atoms with van der Waals surface area (Å²) in [5, 5.41) is 3.14. The molecule has 0 aliphatic carbocycles. The molecular weight excluding hydrogens is 496 g/mol. The number of hydrogen-bond donors (Lipinski definition) is 1. The molecule has 11 nitrogen and oxygen atoms in total. The van der Waals surface area contributed by atoms with Crippen LogP contribution in [0.25, 0.3) is 17.0 Å². The smallest absolute Gasteiger partial charge is 0.296 e. The number of ether oxygens (including phenoxy) is 2. The predicted octanol–water partition coefficient (Wildman–Crippen LogP) is 3.21. The molecule has 198 valence electrons. The Balaban J connectivity index is 1.34. The van der Waals surface area contributed by atoms with Gasteiger partial charge in [0.25, 0.3) is 6.43 Å². The van der Waals surface area contributed by atoms with Gasteiger partial charge in [0.2, 0.25) is 23.7 Å². The van der Waals surface area contributed by atoms with E-state index in [0.29, 0.717) is 54.9 Å². The maximum absolute atomic E-state index is 14.0. The number of rotatable bonds is 7. The molecule has 2 aliphatic rings. The number of hydrogen-bond acceptors (Lipinski definition) is 10. The minimum atomic E-state index is -2.82. The number of nitrogens with one attached hydrogen (secondary N) is 1. The van der Waals surface area contributed by atoms with Crippen molar-refractivity contribution in [2.75, 3.05) is 56.7 Å². The van der Waals surface area contributed by atoms with E-state index in [0.717, 1.165) is 19.5 Å². The standard InChI is InChI=1S/C25H27F2N9O2/c1-34-9-8-17(15-34)38-20-7-6-16(14-28-20)29-23-31-24(35-10-12-37-13-11-35)33-25(32-23)36-19-5-3-2-4-18(19)30-22(36)21(26)27/h2-7,14,17,21H,8-13,15H2,1H3,(H,29,31,32,33). The van der Waals surface area contributed by atoms with Gasteiger partial charge in [-0.15, -0.1) is 0 Å². The average molecular weight is 524 g/mol. The quantitative estimate of drug-likeness (QED) is 0.388. The summed E-state index contributed by atoms with van der Waals surface area (Å²) in [6, 6.07) is 10.5. The Hall–Kier alpha value is -3.97. The topological polar surface area (TPSA) is 106 Å². The van der Waals surface area contributed by atoms with Crippen molar-refractivity contribution in [3.05, 3.63) is 48.4 Å². The number of fused-ring (bicyclic) bond motifs is 1. The molecular formula is C25H27F2N9O2. The Morgan fingerprint density at radius 3 is 2.55 bits per heavy atom. The minimum Gasteiger partial charge on any atom is -0.473 e. The van der Waals surface area contributed by atoms with Gasteiger partial charge >= 0.3 is 0 Å². The highest BCUT2D eigenvalue weighted by Crippen LogP contribution is 2.28. The molecule has 2 aliphatic heterocycles. The molecule has 5 heterocycles. The van der Waals surface area contributed by atoms with E-state index in [-0.39, 0.29) is 18.0 Å². The Labute approximate surface area is 217 Å². The van der Waals surface area contributed by atoms with Crippen LogP contribution in [0, 0.1) is 0 Å². The van der Waals surface area contributed by atoms with Crippen LogP contribution >= 0.6 is 0 Å². The van der Waals surface area contributed by atoms with Crippen LogP contribution in [0.1, 0.15) is 18.7 Å². The lowest BCUT2D eigenvalue weighted by atomic mass is 10.3. The third-order valence-electron chi connectivity index (χ3n) is 6.52. The van der Waals surface area contributed by atoms with Gasteiger partial charge in [-0.25, -0.2) is 18.7 Å². The van der Waals surface area contributed by atoms with E-state index in [1.54, 1.807) is 36.5 Å². The van der Waals surface area contributed by atoms with E-state index in [9.17, 15) is 8.78 Å². The van der Waals surface area contributed by atoms with Gasteiger partial charge < -0.3 is 24.6 Å². The first kappa shape index (κ1) is 24.4. The molecule has 2 fully saturated rings. The Morgan fingerprint density at radius 1 is 1.00 bits per heavy atom. The number of likely N-dealkylation sites (tertiary alicyclic amines) is 1. The molecule has 0 radical (unpaired) electrons. The van der Waals surface area contributed by atoms with Crippen molar-refractivity contribution < 1.29 is 18.3 Å². The summed E-state index contributed by atoms with van der Waals surface area (Å²) in [5.41, 5.74) is 1.53. The van der Waals surface area contributed by atoms with Gasteiger partial charge in [0.15, 0.2) is 5.82 Å². The molecule has 2 saturated heterocycles. The van der Waals surface area contributed by atoms with Crippen LogP contribution in [0.3, 0.4) is 0 Å². The van der Waals surface area contributed by atoms with Crippen LogP contribution in [0.2, 0.25) is 0 Å². The molecule has 0 bridgehead atoms. The first-order valence-corrected chi connectivity index (χ1v) is 12.5. The summed E-state index contributed by atoms with van der Waals surface area (Å²) in [7, 11) is 2.06. The molecule has 1 aromatic carbocycles. The van der Waals surface area contributed by atoms with Gasteiger partial charge in [-0.3, -0.25) is 4.57 Å². The Kier molecular flexibility index (Phi) is 6.68. The fraction of sp³-hybridized carbons (Fsp3) is 0.400. The molecule has 4 aromatic rings. The van der Waals surface area contributed by atoms with E-state index in [2.05, 4.69) is 42.2 Å². The molecule has 6 rings (SSSR count). The highest BCUT2D eigenvalue weighted by atomic mass is 19.3. The van der Waals surface area contributed by atoms with E-state index >= 15 is 0 Å². The number of halogens is 2. The Morgan fingerprint density at radius 2 is 1.82 bits per heavy atom. The zero-order chi connectivity index (χ0) is 26.1. The number of morpholine rings is 1. The van der Waals surface area contributed by atoms with Crippen molar-refractivity contribution in [3.63, 3.8) is 0 Å². The highest BCUT2D eigenvalue weighted by molar-refractivity contribution is 5.77. The molecule has 38 heavy (non-hydrogen) atoms. The van der Waals surface area contributed by atoms with Crippen LogP contribution < -0.4 is 15.0 Å². The number of likely N-dealkylation sites (N-methyl/N-ethyl adjacent to an activating group) is 1. The van der Waals surface area contributed by atoms with Crippen LogP contribution in [-0.4, -0.2) is 86.9 Å². The third-order valence-corrected chi connectivity index (χ3v) is 6.52. The summed E-state index contributed by atoms with van der Waals surface area (Å²) in [6.07, 6.45) is -0.121. The number of benzene rings is 1. The first-order valence-electron chi connectivity index (χ1n) is 12.5. The normalized spacial score (nSPS) is 18.4. The molecule has 0 spiro atoms. The van der Waals surface area contributed by atoms with Gasteiger partial charge in [0.1, 0.15) is 6.10 Å². The first-order chi connectivity index (χ1) is 18.5. The lowest BCUT2D eigenvalue weighted by Crippen LogP contribution is -2.37. The summed E-state index contributed by atoms with van der Waals surface area (Å²) in [4.78, 5) is 26.4. The number of anilines is 3. The maximum atomic E-state index is 14.0. The molecule has 1 unspecified atom stereocenters. The number of nitrogens with zero attached hydrogens (tertiary/aromatic N) is 8. The average Bonchev–Trinajstić information content (AvgIpc) is 3.53. The number of para-hydroxylation sites is 2. The zero-order valence-electron chi connectivity index (χ0n) is 20.8. The molecule has 3 aromatic heterocycles. The molecule has 1 atom stereocenters. The van der Waals surface area contributed by atoms with Crippen molar-refractivity contribution in [2.24, 2.45) is 0 Å². The minimum absolute atomic E-state index is 0.0475. The molecule has 1 N–H and O–H groups in total. The number of pyridine rings is 1. The van der Waals surface area contributed by atoms with E-state index in [4.69, 9.17) is 9.47 Å². The van der Waals surface area contributed by atoms with Crippen molar-refractivity contribution in [2.45, 2.75) is 19.0 Å².